The van der Waals surface area contributed by atoms with E-state index in [1.54, 1.807) is 11.9 Å². The highest BCUT2D eigenvalue weighted by Crippen LogP contribution is 2.33. The largest absolute Gasteiger partial charge is 0.390 e. The number of carbonyl (C=O) groups is 1. The van der Waals surface area contributed by atoms with Gasteiger partial charge < -0.3 is 19.9 Å². The number of rotatable bonds is 3. The Morgan fingerprint density at radius 2 is 2.26 bits per heavy atom. The van der Waals surface area contributed by atoms with E-state index in [2.05, 4.69) is 9.88 Å². The van der Waals surface area contributed by atoms with Crippen LogP contribution in [-0.4, -0.2) is 52.8 Å². The maximum atomic E-state index is 12.6. The molecule has 2 N–H and O–H groups in total. The van der Waals surface area contributed by atoms with Gasteiger partial charge in [0.1, 0.15) is 5.69 Å². The summed E-state index contributed by atoms with van der Waals surface area (Å²) >= 11 is 0. The Kier molecular flexibility index (Phi) is 3.33. The summed E-state index contributed by atoms with van der Waals surface area (Å²) in [5.74, 6) is 0.00431. The number of amides is 1. The molecule has 2 aliphatic rings. The predicted molar refractivity (Wildman–Crippen MR) is 72.1 cm³/mol. The summed E-state index contributed by atoms with van der Waals surface area (Å²) in [5.41, 5.74) is 0.742. The zero-order valence-corrected chi connectivity index (χ0v) is 11.2. The Labute approximate surface area is 113 Å². The van der Waals surface area contributed by atoms with Gasteiger partial charge in [0.25, 0.3) is 5.91 Å². The lowest BCUT2D eigenvalue weighted by Crippen LogP contribution is -2.45. The first-order valence-corrected chi connectivity index (χ1v) is 7.01. The number of aliphatic hydroxyl groups excluding tert-OH is 1. The van der Waals surface area contributed by atoms with E-state index in [9.17, 15) is 9.90 Å². The van der Waals surface area contributed by atoms with Gasteiger partial charge in [-0.25, -0.2) is 0 Å². The molecule has 1 aliphatic carbocycles. The fourth-order valence-electron chi connectivity index (χ4n) is 2.94. The van der Waals surface area contributed by atoms with Crippen LogP contribution >= 0.6 is 0 Å². The van der Waals surface area contributed by atoms with Gasteiger partial charge >= 0.3 is 0 Å². The Bertz CT molecular complexity index is 467. The van der Waals surface area contributed by atoms with Gasteiger partial charge in [-0.3, -0.25) is 4.79 Å². The van der Waals surface area contributed by atoms with Crippen molar-refractivity contribution in [3.8, 4) is 0 Å². The van der Waals surface area contributed by atoms with E-state index < -0.39 is 6.10 Å². The average molecular weight is 263 g/mol. The van der Waals surface area contributed by atoms with Crippen LogP contribution in [0, 0.1) is 0 Å². The van der Waals surface area contributed by atoms with Crippen LogP contribution in [0.3, 0.4) is 0 Å². The van der Waals surface area contributed by atoms with E-state index >= 15 is 0 Å². The molecule has 1 aromatic heterocycles. The number of β-amino-alcohol motifs (C(OH)–C–C–N with tert-alkyl or cyclic N) is 1. The highest BCUT2D eigenvalue weighted by molar-refractivity contribution is 5.93. The maximum Gasteiger partial charge on any atom is 0.270 e. The molecule has 5 heteroatoms. The summed E-state index contributed by atoms with van der Waals surface area (Å²) in [6.45, 7) is 1.22. The molecule has 1 aliphatic heterocycles. The molecule has 3 rings (SSSR count). The van der Waals surface area contributed by atoms with E-state index in [1.807, 2.05) is 18.3 Å². The second kappa shape index (κ2) is 4.98. The molecular weight excluding hydrogens is 242 g/mol. The molecule has 1 saturated heterocycles. The molecule has 19 heavy (non-hydrogen) atoms. The van der Waals surface area contributed by atoms with E-state index in [-0.39, 0.29) is 11.9 Å². The molecule has 2 atom stereocenters. The third kappa shape index (κ3) is 2.17. The molecule has 1 amide bonds. The normalized spacial score (nSPS) is 27.3. The molecule has 0 aromatic carbocycles. The summed E-state index contributed by atoms with van der Waals surface area (Å²) in [5, 5.41) is 13.0. The third-order valence-corrected chi connectivity index (χ3v) is 4.44. The van der Waals surface area contributed by atoms with Crippen molar-refractivity contribution in [2.75, 3.05) is 20.1 Å². The molecular formula is C14H21N3O2. The minimum Gasteiger partial charge on any atom is -0.390 e. The molecule has 0 unspecified atom stereocenters. The van der Waals surface area contributed by atoms with Gasteiger partial charge in [-0.2, -0.15) is 0 Å². The molecule has 2 heterocycles. The van der Waals surface area contributed by atoms with Crippen molar-refractivity contribution in [2.24, 2.45) is 0 Å². The number of nitrogens with zero attached hydrogens (tertiary/aromatic N) is 2. The SMILES string of the molecule is CN(C(=O)c1cccn1C1CCC1)[C@@H]1CNC[C@H]1O. The number of hydrogen-bond donors (Lipinski definition) is 2. The third-order valence-electron chi connectivity index (χ3n) is 4.44. The van der Waals surface area contributed by atoms with Crippen molar-refractivity contribution in [2.45, 2.75) is 37.5 Å². The molecule has 0 spiro atoms. The van der Waals surface area contributed by atoms with Gasteiger partial charge in [-0.05, 0) is 31.4 Å². The number of aromatic nitrogens is 1. The van der Waals surface area contributed by atoms with E-state index in [0.29, 0.717) is 19.1 Å². The van der Waals surface area contributed by atoms with Crippen molar-refractivity contribution >= 4 is 5.91 Å². The van der Waals surface area contributed by atoms with Gasteiger partial charge in [-0.15, -0.1) is 0 Å². The molecule has 5 nitrogen and oxygen atoms in total. The van der Waals surface area contributed by atoms with Crippen LogP contribution in [0.25, 0.3) is 0 Å². The van der Waals surface area contributed by atoms with Crippen molar-refractivity contribution < 1.29 is 9.90 Å². The lowest BCUT2D eigenvalue weighted by atomic mass is 9.93. The van der Waals surface area contributed by atoms with Gasteiger partial charge in [0, 0.05) is 32.4 Å². The summed E-state index contributed by atoms with van der Waals surface area (Å²) in [6.07, 6.45) is 5.09. The first-order valence-electron chi connectivity index (χ1n) is 7.01. The van der Waals surface area contributed by atoms with Crippen molar-refractivity contribution in [3.63, 3.8) is 0 Å². The number of carbonyl (C=O) groups excluding carboxylic acids is 1. The standard InChI is InChI=1S/C14H21N3O2/c1-16(12-8-15-9-13(12)18)14(19)11-6-3-7-17(11)10-4-2-5-10/h3,6-7,10,12-13,15,18H,2,4-5,8-9H2,1H3/t12-,13-/m1/s1. The Morgan fingerprint density at radius 1 is 1.47 bits per heavy atom. The fraction of sp³-hybridized carbons (Fsp3) is 0.643. The van der Waals surface area contributed by atoms with E-state index in [4.69, 9.17) is 0 Å². The van der Waals surface area contributed by atoms with Crippen molar-refractivity contribution in [1.29, 1.82) is 0 Å². The summed E-state index contributed by atoms with van der Waals surface area (Å²) in [6, 6.07) is 4.17. The lowest BCUT2D eigenvalue weighted by Gasteiger charge is -2.31. The number of aliphatic hydroxyl groups is 1. The zero-order valence-electron chi connectivity index (χ0n) is 11.2. The van der Waals surface area contributed by atoms with Gasteiger partial charge in [0.15, 0.2) is 0 Å². The van der Waals surface area contributed by atoms with Crippen LogP contribution in [0.1, 0.15) is 35.8 Å². The van der Waals surface area contributed by atoms with Crippen LogP contribution in [0.2, 0.25) is 0 Å². The Balaban J connectivity index is 1.77. The summed E-state index contributed by atoms with van der Waals surface area (Å²) < 4.78 is 2.09. The van der Waals surface area contributed by atoms with Crippen molar-refractivity contribution in [3.05, 3.63) is 24.0 Å². The molecule has 1 aromatic rings. The van der Waals surface area contributed by atoms with Crippen molar-refractivity contribution in [1.82, 2.24) is 14.8 Å². The van der Waals surface area contributed by atoms with Crippen LogP contribution < -0.4 is 5.32 Å². The topological polar surface area (TPSA) is 57.5 Å². The first-order chi connectivity index (χ1) is 9.18. The first kappa shape index (κ1) is 12.7. The number of nitrogens with one attached hydrogen (secondary N) is 1. The maximum absolute atomic E-state index is 12.6. The van der Waals surface area contributed by atoms with Gasteiger partial charge in [0.2, 0.25) is 0 Å². The highest BCUT2D eigenvalue weighted by Gasteiger charge is 2.33. The molecule has 0 radical (unpaired) electrons. The van der Waals surface area contributed by atoms with Crippen LogP contribution in [-0.2, 0) is 0 Å². The highest BCUT2D eigenvalue weighted by atomic mass is 16.3. The predicted octanol–water partition coefficient (Wildman–Crippen LogP) is 0.618. The summed E-state index contributed by atoms with van der Waals surface area (Å²) in [7, 11) is 1.78. The van der Waals surface area contributed by atoms with Crippen LogP contribution in [0.5, 0.6) is 0 Å². The molecule has 1 saturated carbocycles. The average Bonchev–Trinajstić information content (AvgIpc) is 2.94. The Morgan fingerprint density at radius 3 is 2.84 bits per heavy atom. The zero-order chi connectivity index (χ0) is 13.4. The second-order valence-electron chi connectivity index (χ2n) is 5.59. The van der Waals surface area contributed by atoms with Gasteiger partial charge in [-0.1, -0.05) is 0 Å². The fourth-order valence-corrected chi connectivity index (χ4v) is 2.94. The molecule has 2 fully saturated rings. The van der Waals surface area contributed by atoms with Crippen LogP contribution in [0.15, 0.2) is 18.3 Å². The second-order valence-corrected chi connectivity index (χ2v) is 5.59. The van der Waals surface area contributed by atoms with Gasteiger partial charge in [0.05, 0.1) is 12.1 Å². The Hall–Kier alpha value is -1.33. The summed E-state index contributed by atoms with van der Waals surface area (Å²) in [4.78, 5) is 14.2. The minimum absolute atomic E-state index is 0.00431. The lowest BCUT2D eigenvalue weighted by molar-refractivity contribution is 0.0566. The smallest absolute Gasteiger partial charge is 0.270 e. The number of hydrogen-bond acceptors (Lipinski definition) is 3. The van der Waals surface area contributed by atoms with E-state index in [0.717, 1.165) is 18.5 Å². The van der Waals surface area contributed by atoms with Crippen LogP contribution in [0.4, 0.5) is 0 Å². The monoisotopic (exact) mass is 263 g/mol. The number of likely N-dealkylation sites (N-methyl/N-ethyl adjacent to an activating group) is 1. The molecule has 104 valence electrons. The molecule has 0 bridgehead atoms. The van der Waals surface area contributed by atoms with E-state index in [1.165, 1.54) is 6.42 Å². The minimum atomic E-state index is -0.471. The quantitative estimate of drug-likeness (QED) is 0.840.